The van der Waals surface area contributed by atoms with E-state index in [9.17, 15) is 0 Å². The molecule has 1 aliphatic heterocycles. The summed E-state index contributed by atoms with van der Waals surface area (Å²) >= 11 is 0. The lowest BCUT2D eigenvalue weighted by molar-refractivity contribution is 0.180. The van der Waals surface area contributed by atoms with E-state index in [2.05, 4.69) is 27.1 Å². The summed E-state index contributed by atoms with van der Waals surface area (Å²) in [5.41, 5.74) is 1.01. The minimum absolute atomic E-state index is 0.555. The summed E-state index contributed by atoms with van der Waals surface area (Å²) in [6, 6.07) is 2.47. The van der Waals surface area contributed by atoms with Crippen LogP contribution in [0.15, 0.2) is 12.3 Å². The van der Waals surface area contributed by atoms with Crippen molar-refractivity contribution in [1.82, 2.24) is 14.9 Å². The number of rotatable bonds is 4. The van der Waals surface area contributed by atoms with Gasteiger partial charge in [0, 0.05) is 24.5 Å². The van der Waals surface area contributed by atoms with Gasteiger partial charge in [0.05, 0.1) is 0 Å². The predicted molar refractivity (Wildman–Crippen MR) is 70.1 cm³/mol. The molecule has 1 aromatic heterocycles. The third-order valence-electron chi connectivity index (χ3n) is 3.36. The number of aromatic nitrogens is 2. The summed E-state index contributed by atoms with van der Waals surface area (Å²) in [6.07, 6.45) is 5.87. The fraction of sp³-hybridized carbons (Fsp3) is 0.692. The maximum atomic E-state index is 4.35. The molecule has 4 heteroatoms. The number of hydrogen-bond acceptors (Lipinski definition) is 4. The molecule has 0 aliphatic carbocycles. The fourth-order valence-electron chi connectivity index (χ4n) is 2.26. The quantitative estimate of drug-likeness (QED) is 0.866. The van der Waals surface area contributed by atoms with Gasteiger partial charge in [-0.15, -0.1) is 0 Å². The molecule has 0 bridgehead atoms. The smallest absolute Gasteiger partial charge is 0.222 e. The standard InChI is InChI=1S/C13H22N4/c1-11-6-7-14-13(16-11)15-10-12(2)17-8-4-3-5-9-17/h6-7,12H,3-5,8-10H2,1-2H3,(H,14,15,16). The molecule has 0 spiro atoms. The Balaban J connectivity index is 1.80. The highest BCUT2D eigenvalue weighted by Crippen LogP contribution is 2.12. The van der Waals surface area contributed by atoms with Gasteiger partial charge in [-0.25, -0.2) is 9.97 Å². The van der Waals surface area contributed by atoms with E-state index in [0.717, 1.165) is 18.2 Å². The van der Waals surface area contributed by atoms with Crippen LogP contribution in [0, 0.1) is 6.92 Å². The van der Waals surface area contributed by atoms with Crippen molar-refractivity contribution in [2.24, 2.45) is 0 Å². The summed E-state index contributed by atoms with van der Waals surface area (Å²) in [4.78, 5) is 11.1. The normalized spacial score (nSPS) is 18.9. The first-order valence-corrected chi connectivity index (χ1v) is 6.53. The molecular formula is C13H22N4. The van der Waals surface area contributed by atoms with Crippen LogP contribution in [0.3, 0.4) is 0 Å². The first kappa shape index (κ1) is 12.3. The van der Waals surface area contributed by atoms with Crippen molar-refractivity contribution in [3.05, 3.63) is 18.0 Å². The number of anilines is 1. The number of piperidine rings is 1. The van der Waals surface area contributed by atoms with Crippen LogP contribution in [-0.2, 0) is 0 Å². The average Bonchev–Trinajstić information content (AvgIpc) is 2.37. The van der Waals surface area contributed by atoms with E-state index in [1.165, 1.54) is 32.4 Å². The van der Waals surface area contributed by atoms with Crippen LogP contribution in [0.4, 0.5) is 5.95 Å². The van der Waals surface area contributed by atoms with E-state index >= 15 is 0 Å². The number of aryl methyl sites for hydroxylation is 1. The summed E-state index contributed by atoms with van der Waals surface area (Å²) in [5.74, 6) is 0.744. The van der Waals surface area contributed by atoms with Crippen LogP contribution < -0.4 is 5.32 Å². The maximum absolute atomic E-state index is 4.35. The van der Waals surface area contributed by atoms with Crippen LogP contribution in [0.2, 0.25) is 0 Å². The van der Waals surface area contributed by atoms with Crippen LogP contribution in [0.25, 0.3) is 0 Å². The monoisotopic (exact) mass is 234 g/mol. The molecule has 2 heterocycles. The lowest BCUT2D eigenvalue weighted by Gasteiger charge is -2.32. The molecule has 1 unspecified atom stereocenters. The molecule has 2 rings (SSSR count). The topological polar surface area (TPSA) is 41.1 Å². The van der Waals surface area contributed by atoms with Crippen molar-refractivity contribution in [3.63, 3.8) is 0 Å². The zero-order chi connectivity index (χ0) is 12.1. The Hall–Kier alpha value is -1.16. The van der Waals surface area contributed by atoms with E-state index in [-0.39, 0.29) is 0 Å². The van der Waals surface area contributed by atoms with Gasteiger partial charge in [-0.05, 0) is 45.8 Å². The zero-order valence-electron chi connectivity index (χ0n) is 10.8. The van der Waals surface area contributed by atoms with Crippen molar-refractivity contribution >= 4 is 5.95 Å². The molecule has 94 valence electrons. The molecule has 1 saturated heterocycles. The van der Waals surface area contributed by atoms with Gasteiger partial charge in [0.2, 0.25) is 5.95 Å². The highest BCUT2D eigenvalue weighted by atomic mass is 15.2. The molecule has 1 fully saturated rings. The molecule has 1 atom stereocenters. The third kappa shape index (κ3) is 3.66. The summed E-state index contributed by atoms with van der Waals surface area (Å²) < 4.78 is 0. The van der Waals surface area contributed by atoms with Gasteiger partial charge in [0.1, 0.15) is 0 Å². The van der Waals surface area contributed by atoms with Gasteiger partial charge in [-0.1, -0.05) is 6.42 Å². The predicted octanol–water partition coefficient (Wildman–Crippen LogP) is 2.07. The minimum atomic E-state index is 0.555. The first-order chi connectivity index (χ1) is 8.25. The lowest BCUT2D eigenvalue weighted by Crippen LogP contribution is -2.41. The highest BCUT2D eigenvalue weighted by molar-refractivity contribution is 5.24. The number of nitrogens with one attached hydrogen (secondary N) is 1. The van der Waals surface area contributed by atoms with Gasteiger partial charge in [-0.3, -0.25) is 4.90 Å². The molecule has 4 nitrogen and oxygen atoms in total. The van der Waals surface area contributed by atoms with Gasteiger partial charge in [0.25, 0.3) is 0 Å². The third-order valence-corrected chi connectivity index (χ3v) is 3.36. The Labute approximate surface area is 103 Å². The molecular weight excluding hydrogens is 212 g/mol. The first-order valence-electron chi connectivity index (χ1n) is 6.53. The fourth-order valence-corrected chi connectivity index (χ4v) is 2.26. The van der Waals surface area contributed by atoms with Gasteiger partial charge >= 0.3 is 0 Å². The number of likely N-dealkylation sites (tertiary alicyclic amines) is 1. The zero-order valence-corrected chi connectivity index (χ0v) is 10.8. The second kappa shape index (κ2) is 5.96. The van der Waals surface area contributed by atoms with Gasteiger partial charge < -0.3 is 5.32 Å². The molecule has 0 amide bonds. The molecule has 17 heavy (non-hydrogen) atoms. The summed E-state index contributed by atoms with van der Waals surface area (Å²) in [6.45, 7) is 7.65. The number of nitrogens with zero attached hydrogens (tertiary/aromatic N) is 3. The largest absolute Gasteiger partial charge is 0.353 e. The Morgan fingerprint density at radius 3 is 2.82 bits per heavy atom. The molecule has 1 aromatic rings. The lowest BCUT2D eigenvalue weighted by atomic mass is 10.1. The van der Waals surface area contributed by atoms with Gasteiger partial charge in [-0.2, -0.15) is 0 Å². The van der Waals surface area contributed by atoms with Crippen molar-refractivity contribution in [2.45, 2.75) is 39.2 Å². The summed E-state index contributed by atoms with van der Waals surface area (Å²) in [5, 5.41) is 3.32. The van der Waals surface area contributed by atoms with Crippen molar-refractivity contribution in [3.8, 4) is 0 Å². The second-order valence-corrected chi connectivity index (χ2v) is 4.85. The Kier molecular flexibility index (Phi) is 4.31. The Morgan fingerprint density at radius 2 is 2.12 bits per heavy atom. The number of hydrogen-bond donors (Lipinski definition) is 1. The molecule has 0 saturated carbocycles. The second-order valence-electron chi connectivity index (χ2n) is 4.85. The van der Waals surface area contributed by atoms with Crippen molar-refractivity contribution < 1.29 is 0 Å². The van der Waals surface area contributed by atoms with E-state index in [1.807, 2.05) is 13.0 Å². The SMILES string of the molecule is Cc1ccnc(NCC(C)N2CCCCC2)n1. The molecule has 1 N–H and O–H groups in total. The van der Waals surface area contributed by atoms with E-state index in [4.69, 9.17) is 0 Å². The highest BCUT2D eigenvalue weighted by Gasteiger charge is 2.16. The molecule has 0 radical (unpaired) electrons. The van der Waals surface area contributed by atoms with Crippen LogP contribution in [-0.4, -0.2) is 40.5 Å². The van der Waals surface area contributed by atoms with Crippen LogP contribution in [0.5, 0.6) is 0 Å². The van der Waals surface area contributed by atoms with E-state index in [0.29, 0.717) is 6.04 Å². The molecule has 0 aromatic carbocycles. The van der Waals surface area contributed by atoms with E-state index in [1.54, 1.807) is 6.20 Å². The molecule has 1 aliphatic rings. The Bertz CT molecular complexity index is 347. The van der Waals surface area contributed by atoms with E-state index < -0.39 is 0 Å². The van der Waals surface area contributed by atoms with Crippen molar-refractivity contribution in [2.75, 3.05) is 25.0 Å². The summed E-state index contributed by atoms with van der Waals surface area (Å²) in [7, 11) is 0. The Morgan fingerprint density at radius 1 is 1.35 bits per heavy atom. The van der Waals surface area contributed by atoms with Crippen molar-refractivity contribution in [1.29, 1.82) is 0 Å². The maximum Gasteiger partial charge on any atom is 0.222 e. The minimum Gasteiger partial charge on any atom is -0.353 e. The average molecular weight is 234 g/mol. The van der Waals surface area contributed by atoms with Gasteiger partial charge in [0.15, 0.2) is 0 Å². The van der Waals surface area contributed by atoms with Crippen LogP contribution >= 0.6 is 0 Å². The van der Waals surface area contributed by atoms with Crippen LogP contribution in [0.1, 0.15) is 31.9 Å².